The van der Waals surface area contributed by atoms with Crippen molar-refractivity contribution in [2.75, 3.05) is 0 Å². The van der Waals surface area contributed by atoms with Gasteiger partial charge < -0.3 is 14.6 Å². The zero-order valence-corrected chi connectivity index (χ0v) is 24.9. The Kier molecular flexibility index (Phi) is 8.43. The van der Waals surface area contributed by atoms with E-state index in [9.17, 15) is 23.4 Å². The smallest absolute Gasteiger partial charge is 0.408 e. The minimum Gasteiger partial charge on any atom is -0.598 e. The number of imidazole rings is 1. The van der Waals surface area contributed by atoms with E-state index in [0.29, 0.717) is 29.7 Å². The van der Waals surface area contributed by atoms with Crippen molar-refractivity contribution in [2.45, 2.75) is 115 Å². The van der Waals surface area contributed by atoms with Gasteiger partial charge in [-0.25, -0.2) is 23.1 Å². The van der Waals surface area contributed by atoms with Gasteiger partial charge in [-0.15, -0.1) is 4.72 Å². The third-order valence-corrected chi connectivity index (χ3v) is 9.28. The molecule has 220 valence electrons. The maximum Gasteiger partial charge on any atom is 0.408 e. The average molecular weight is 579 g/mol. The highest BCUT2D eigenvalue weighted by Crippen LogP contribution is 2.50. The fourth-order valence-corrected chi connectivity index (χ4v) is 6.22. The number of carbonyl (C=O) groups is 1. The maximum atomic E-state index is 13.9. The normalized spacial score (nSPS) is 21.6. The van der Waals surface area contributed by atoms with E-state index in [0.717, 1.165) is 6.42 Å². The van der Waals surface area contributed by atoms with Crippen LogP contribution in [-0.4, -0.2) is 41.5 Å². The monoisotopic (exact) mass is 578 g/mol. The first-order valence-corrected chi connectivity index (χ1v) is 15.0. The molecular formula is C28H40F2N6O3S. The summed E-state index contributed by atoms with van der Waals surface area (Å²) < 4.78 is 50.7. The SMILES string of the molecule is CC(C)(C)OC(=O)N[C@H](c1cn2ncc([C@@H](N[S+]([O-])C(C)(C)C)C3(C#N)CCC3)cc2n1)C1CCC(F)(F)CC1. The molecule has 4 rings (SSSR count). The highest BCUT2D eigenvalue weighted by Gasteiger charge is 2.49. The molecule has 0 aliphatic heterocycles. The Morgan fingerprint density at radius 1 is 1.23 bits per heavy atom. The molecule has 2 saturated carbocycles. The van der Waals surface area contributed by atoms with Crippen molar-refractivity contribution >= 4 is 23.1 Å². The summed E-state index contributed by atoms with van der Waals surface area (Å²) in [5.74, 6) is -2.97. The van der Waals surface area contributed by atoms with E-state index in [-0.39, 0.29) is 31.6 Å². The standard InChI is InChI=1S/C28H40F2N6O3S/c1-25(2,3)39-24(37)34-22(18-8-12-28(29,30)13-9-18)20-16-36-21(33-20)14-19(15-32-36)23(27(17-31)10-7-11-27)35-40(38)26(4,5)6/h14-16,18,22-23,35H,7-13H2,1-6H3,(H,34,37)/t22-,23+,40?/m0/s1. The van der Waals surface area contributed by atoms with Crippen LogP contribution >= 0.6 is 0 Å². The van der Waals surface area contributed by atoms with E-state index in [2.05, 4.69) is 21.2 Å². The van der Waals surface area contributed by atoms with E-state index in [4.69, 9.17) is 9.72 Å². The molecule has 2 N–H and O–H groups in total. The molecule has 1 unspecified atom stereocenters. The summed E-state index contributed by atoms with van der Waals surface area (Å²) in [5.41, 5.74) is 0.233. The highest BCUT2D eigenvalue weighted by molar-refractivity contribution is 7.90. The number of ether oxygens (including phenoxy) is 1. The van der Waals surface area contributed by atoms with Crippen molar-refractivity contribution in [2.24, 2.45) is 11.3 Å². The van der Waals surface area contributed by atoms with Gasteiger partial charge in [0.15, 0.2) is 5.65 Å². The number of alkyl halides is 2. The van der Waals surface area contributed by atoms with Crippen LogP contribution < -0.4 is 10.0 Å². The van der Waals surface area contributed by atoms with Crippen LogP contribution in [0.25, 0.3) is 5.65 Å². The number of aromatic nitrogens is 3. The van der Waals surface area contributed by atoms with Crippen LogP contribution in [0.5, 0.6) is 0 Å². The van der Waals surface area contributed by atoms with Crippen LogP contribution in [0.4, 0.5) is 13.6 Å². The van der Waals surface area contributed by atoms with Gasteiger partial charge in [-0.2, -0.15) is 10.4 Å². The second-order valence-electron chi connectivity index (χ2n) is 13.1. The molecule has 1 amide bonds. The second kappa shape index (κ2) is 11.1. The van der Waals surface area contributed by atoms with Crippen molar-refractivity contribution in [3.8, 4) is 6.07 Å². The van der Waals surface area contributed by atoms with Gasteiger partial charge in [0.05, 0.1) is 41.7 Å². The number of hydrogen-bond donors (Lipinski definition) is 2. The summed E-state index contributed by atoms with van der Waals surface area (Å²) in [6.45, 7) is 10.9. The molecule has 2 aromatic heterocycles. The molecule has 0 saturated heterocycles. The fraction of sp³-hybridized carbons (Fsp3) is 0.714. The van der Waals surface area contributed by atoms with Gasteiger partial charge in [-0.1, -0.05) is 6.42 Å². The van der Waals surface area contributed by atoms with Crippen molar-refractivity contribution in [1.82, 2.24) is 24.6 Å². The van der Waals surface area contributed by atoms with Crippen molar-refractivity contribution in [3.05, 3.63) is 29.7 Å². The second-order valence-corrected chi connectivity index (χ2v) is 15.1. The topological polar surface area (TPSA) is 127 Å². The molecule has 9 nitrogen and oxygen atoms in total. The Morgan fingerprint density at radius 2 is 1.88 bits per heavy atom. The maximum absolute atomic E-state index is 13.9. The van der Waals surface area contributed by atoms with Gasteiger partial charge >= 0.3 is 6.09 Å². The Hall–Kier alpha value is -2.49. The van der Waals surface area contributed by atoms with Gasteiger partial charge in [-0.05, 0) is 84.8 Å². The number of nitrogens with one attached hydrogen (secondary N) is 2. The first-order valence-electron chi connectivity index (χ1n) is 13.8. The van der Waals surface area contributed by atoms with Crippen molar-refractivity contribution < 1.29 is 22.9 Å². The number of carbonyl (C=O) groups excluding carboxylic acids is 1. The van der Waals surface area contributed by atoms with E-state index in [1.165, 1.54) is 0 Å². The third kappa shape index (κ3) is 6.86. The fourth-order valence-electron chi connectivity index (χ4n) is 5.29. The number of nitriles is 1. The third-order valence-electron chi connectivity index (χ3n) is 7.72. The molecule has 0 bridgehead atoms. The van der Waals surface area contributed by atoms with Gasteiger partial charge in [0.1, 0.15) is 10.3 Å². The Morgan fingerprint density at radius 3 is 2.40 bits per heavy atom. The predicted octanol–water partition coefficient (Wildman–Crippen LogP) is 5.91. The lowest BCUT2D eigenvalue weighted by Gasteiger charge is -2.42. The summed E-state index contributed by atoms with van der Waals surface area (Å²) in [4.78, 5) is 17.5. The minimum absolute atomic E-state index is 0.231. The van der Waals surface area contributed by atoms with Crippen LogP contribution in [-0.2, 0) is 16.1 Å². The number of rotatable bonds is 7. The number of amides is 1. The first kappa shape index (κ1) is 30.5. The average Bonchev–Trinajstić information content (AvgIpc) is 3.23. The number of hydrogen-bond acceptors (Lipinski definition) is 7. The Labute approximate surface area is 237 Å². The predicted molar refractivity (Wildman–Crippen MR) is 148 cm³/mol. The Bertz CT molecular complexity index is 1250. The number of alkyl carbamates (subject to hydrolysis) is 1. The lowest BCUT2D eigenvalue weighted by molar-refractivity contribution is -0.0500. The minimum atomic E-state index is -2.71. The number of fused-ring (bicyclic) bond motifs is 1. The van der Waals surface area contributed by atoms with Gasteiger partial charge in [-0.3, -0.25) is 0 Å². The van der Waals surface area contributed by atoms with Gasteiger partial charge in [0, 0.05) is 24.2 Å². The van der Waals surface area contributed by atoms with Crippen molar-refractivity contribution in [3.63, 3.8) is 0 Å². The molecule has 12 heteroatoms. The molecule has 2 aliphatic rings. The molecule has 0 spiro atoms. The van der Waals surface area contributed by atoms with Crippen LogP contribution in [0.3, 0.4) is 0 Å². The number of nitrogens with zero attached hydrogens (tertiary/aromatic N) is 4. The molecule has 3 atom stereocenters. The first-order chi connectivity index (χ1) is 18.5. The van der Waals surface area contributed by atoms with Crippen LogP contribution in [0, 0.1) is 22.7 Å². The molecule has 0 aromatic carbocycles. The van der Waals surface area contributed by atoms with Gasteiger partial charge in [0.25, 0.3) is 0 Å². The van der Waals surface area contributed by atoms with Gasteiger partial charge in [0.2, 0.25) is 5.92 Å². The molecule has 2 aromatic rings. The van der Waals surface area contributed by atoms with Crippen LogP contribution in [0.2, 0.25) is 0 Å². The summed E-state index contributed by atoms with van der Waals surface area (Å²) >= 11 is -1.42. The van der Waals surface area contributed by atoms with E-state index < -0.39 is 51.2 Å². The van der Waals surface area contributed by atoms with E-state index >= 15 is 0 Å². The molecule has 2 aliphatic carbocycles. The number of halogens is 2. The zero-order chi connectivity index (χ0) is 29.5. The summed E-state index contributed by atoms with van der Waals surface area (Å²) in [7, 11) is 0. The largest absolute Gasteiger partial charge is 0.598 e. The summed E-state index contributed by atoms with van der Waals surface area (Å²) in [5, 5.41) is 17.5. The molecule has 2 fully saturated rings. The van der Waals surface area contributed by atoms with Crippen LogP contribution in [0.1, 0.15) is 110 Å². The quantitative estimate of drug-likeness (QED) is 0.391. The molecule has 0 radical (unpaired) electrons. The lowest BCUT2D eigenvalue weighted by atomic mass is 9.64. The van der Waals surface area contributed by atoms with E-state index in [1.807, 2.05) is 26.8 Å². The lowest BCUT2D eigenvalue weighted by Crippen LogP contribution is -2.49. The molecule has 40 heavy (non-hydrogen) atoms. The zero-order valence-electron chi connectivity index (χ0n) is 24.1. The summed E-state index contributed by atoms with van der Waals surface area (Å²) in [6, 6.07) is 3.11. The Balaban J connectivity index is 1.67. The van der Waals surface area contributed by atoms with Crippen LogP contribution in [0.15, 0.2) is 18.5 Å². The van der Waals surface area contributed by atoms with Crippen molar-refractivity contribution in [1.29, 1.82) is 5.26 Å². The molecular weight excluding hydrogens is 538 g/mol. The van der Waals surface area contributed by atoms with E-state index in [1.54, 1.807) is 37.7 Å². The summed E-state index contributed by atoms with van der Waals surface area (Å²) in [6.07, 6.45) is 4.92. The highest BCUT2D eigenvalue weighted by atomic mass is 32.2. The molecule has 2 heterocycles.